The van der Waals surface area contributed by atoms with Crippen LogP contribution in [0.25, 0.3) is 11.1 Å². The second-order valence-corrected chi connectivity index (χ2v) is 8.09. The van der Waals surface area contributed by atoms with Gasteiger partial charge < -0.3 is 4.74 Å². The van der Waals surface area contributed by atoms with E-state index in [-0.39, 0.29) is 18.8 Å². The first kappa shape index (κ1) is 21.5. The summed E-state index contributed by atoms with van der Waals surface area (Å²) < 4.78 is 34.5. The number of rotatable bonds is 5. The highest BCUT2D eigenvalue weighted by molar-refractivity contribution is 6.13. The smallest absolute Gasteiger partial charge is 0.141 e. The molecular formula is C29H20F2N2O. The summed E-state index contributed by atoms with van der Waals surface area (Å²) in [5.41, 5.74) is 4.79. The molecule has 34 heavy (non-hydrogen) atoms. The zero-order valence-corrected chi connectivity index (χ0v) is 18.2. The summed E-state index contributed by atoms with van der Waals surface area (Å²) in [6.45, 7) is 0.206. The van der Waals surface area contributed by atoms with Crippen molar-refractivity contribution in [1.82, 2.24) is 0 Å². The lowest BCUT2D eigenvalue weighted by molar-refractivity contribution is 0.300. The summed E-state index contributed by atoms with van der Waals surface area (Å²) in [7, 11) is 0. The summed E-state index contributed by atoms with van der Waals surface area (Å²) in [4.78, 5) is 4.74. The van der Waals surface area contributed by atoms with E-state index < -0.39 is 11.9 Å². The third kappa shape index (κ3) is 4.31. The predicted octanol–water partition coefficient (Wildman–Crippen LogP) is 6.50. The Labute approximate surface area is 196 Å². The summed E-state index contributed by atoms with van der Waals surface area (Å²) in [6, 6.07) is 28.1. The molecule has 0 spiro atoms. The highest BCUT2D eigenvalue weighted by Crippen LogP contribution is 2.39. The van der Waals surface area contributed by atoms with Crippen molar-refractivity contribution in [3.8, 4) is 22.9 Å². The maximum Gasteiger partial charge on any atom is 0.141 e. The Balaban J connectivity index is 1.50. The Kier molecular flexibility index (Phi) is 5.88. The second-order valence-electron chi connectivity index (χ2n) is 8.09. The number of benzene rings is 4. The quantitative estimate of drug-likeness (QED) is 0.326. The second kappa shape index (κ2) is 9.29. The van der Waals surface area contributed by atoms with E-state index >= 15 is 4.39 Å². The number of aliphatic imine (C=N–C) groups is 1. The minimum absolute atomic E-state index is 0.0957. The molecule has 1 aliphatic heterocycles. The van der Waals surface area contributed by atoms with Crippen molar-refractivity contribution in [2.24, 2.45) is 4.99 Å². The largest absolute Gasteiger partial charge is 0.488 e. The maximum absolute atomic E-state index is 15.1. The third-order valence-electron chi connectivity index (χ3n) is 5.83. The van der Waals surface area contributed by atoms with Crippen molar-refractivity contribution in [3.05, 3.63) is 125 Å². The Morgan fingerprint density at radius 1 is 0.882 bits per heavy atom. The first-order valence-corrected chi connectivity index (χ1v) is 10.9. The van der Waals surface area contributed by atoms with Gasteiger partial charge in [0.25, 0.3) is 0 Å². The molecule has 0 radical (unpaired) electrons. The van der Waals surface area contributed by atoms with Gasteiger partial charge in [-0.2, -0.15) is 5.26 Å². The molecule has 0 bridgehead atoms. The Morgan fingerprint density at radius 3 is 2.21 bits per heavy atom. The lowest BCUT2D eigenvalue weighted by Crippen LogP contribution is -2.14. The van der Waals surface area contributed by atoms with Gasteiger partial charge in [0.05, 0.1) is 11.8 Å². The van der Waals surface area contributed by atoms with Gasteiger partial charge in [-0.05, 0) is 35.4 Å². The molecule has 0 saturated carbocycles. The van der Waals surface area contributed by atoms with Crippen LogP contribution in [0.4, 0.5) is 8.78 Å². The molecule has 1 aliphatic rings. The number of fused-ring (bicyclic) bond motifs is 3. The summed E-state index contributed by atoms with van der Waals surface area (Å²) in [5.74, 6) is -0.288. The number of ether oxygens (including phenoxy) is 1. The molecule has 5 rings (SSSR count). The monoisotopic (exact) mass is 450 g/mol. The van der Waals surface area contributed by atoms with Crippen LogP contribution < -0.4 is 4.74 Å². The Morgan fingerprint density at radius 2 is 1.56 bits per heavy atom. The zero-order valence-electron chi connectivity index (χ0n) is 18.2. The SMILES string of the molecule is N#CC(Cc1cc2c(cc1F)-c1ccc(F)cc1CO2)N=C(c1ccccc1)c1ccccc1. The summed E-state index contributed by atoms with van der Waals surface area (Å²) in [5, 5.41) is 9.87. The van der Waals surface area contributed by atoms with E-state index in [2.05, 4.69) is 6.07 Å². The van der Waals surface area contributed by atoms with Crippen molar-refractivity contribution in [1.29, 1.82) is 5.26 Å². The van der Waals surface area contributed by atoms with Gasteiger partial charge in [0.15, 0.2) is 0 Å². The van der Waals surface area contributed by atoms with Gasteiger partial charge in [-0.1, -0.05) is 66.7 Å². The summed E-state index contributed by atoms with van der Waals surface area (Å²) >= 11 is 0. The lowest BCUT2D eigenvalue weighted by Gasteiger charge is -2.22. The summed E-state index contributed by atoms with van der Waals surface area (Å²) in [6.07, 6.45) is 0.0957. The Hall–Kier alpha value is -4.30. The van der Waals surface area contributed by atoms with Crippen LogP contribution >= 0.6 is 0 Å². The van der Waals surface area contributed by atoms with Crippen molar-refractivity contribution in [2.75, 3.05) is 0 Å². The number of nitriles is 1. The van der Waals surface area contributed by atoms with Crippen LogP contribution in [0.5, 0.6) is 5.75 Å². The zero-order chi connectivity index (χ0) is 23.5. The van der Waals surface area contributed by atoms with Gasteiger partial charge in [0.1, 0.15) is 30.0 Å². The van der Waals surface area contributed by atoms with E-state index in [1.165, 1.54) is 18.2 Å². The Bertz CT molecular complexity index is 1370. The van der Waals surface area contributed by atoms with E-state index in [9.17, 15) is 9.65 Å². The van der Waals surface area contributed by atoms with Gasteiger partial charge >= 0.3 is 0 Å². The van der Waals surface area contributed by atoms with Crippen LogP contribution in [0.1, 0.15) is 22.3 Å². The molecule has 0 fully saturated rings. The predicted molar refractivity (Wildman–Crippen MR) is 128 cm³/mol. The minimum atomic E-state index is -0.798. The van der Waals surface area contributed by atoms with Crippen LogP contribution in [-0.2, 0) is 13.0 Å². The molecule has 0 N–H and O–H groups in total. The molecule has 0 aliphatic carbocycles. The van der Waals surface area contributed by atoms with Gasteiger partial charge in [-0.3, -0.25) is 4.99 Å². The van der Waals surface area contributed by atoms with Crippen LogP contribution in [0.2, 0.25) is 0 Å². The molecule has 0 aromatic heterocycles. The highest BCUT2D eigenvalue weighted by atomic mass is 19.1. The van der Waals surface area contributed by atoms with Crippen LogP contribution in [0.15, 0.2) is 96.0 Å². The molecule has 1 unspecified atom stereocenters. The van der Waals surface area contributed by atoms with Gasteiger partial charge in [-0.15, -0.1) is 0 Å². The van der Waals surface area contributed by atoms with Crippen molar-refractivity contribution in [2.45, 2.75) is 19.1 Å². The molecule has 4 aromatic rings. The van der Waals surface area contributed by atoms with Gasteiger partial charge in [-0.25, -0.2) is 8.78 Å². The standard InChI is InChI=1S/C29H20F2N2O/c30-23-11-12-25-22(13-23)18-34-28-15-21(27(31)16-26(25)28)14-24(17-32)33-29(19-7-3-1-4-8-19)20-9-5-2-6-10-20/h1-13,15-16,24H,14,18H2. The molecule has 0 amide bonds. The molecule has 5 heteroatoms. The topological polar surface area (TPSA) is 45.4 Å². The fourth-order valence-electron chi connectivity index (χ4n) is 4.17. The molecule has 3 nitrogen and oxygen atoms in total. The number of halogens is 2. The van der Waals surface area contributed by atoms with Crippen LogP contribution in [0.3, 0.4) is 0 Å². The van der Waals surface area contributed by atoms with Crippen LogP contribution in [-0.4, -0.2) is 11.8 Å². The molecule has 1 atom stereocenters. The van der Waals surface area contributed by atoms with Crippen molar-refractivity contribution < 1.29 is 13.5 Å². The minimum Gasteiger partial charge on any atom is -0.488 e. The average molecular weight is 450 g/mol. The molecule has 166 valence electrons. The van der Waals surface area contributed by atoms with E-state index in [1.807, 2.05) is 60.7 Å². The van der Waals surface area contributed by atoms with Crippen LogP contribution in [0, 0.1) is 23.0 Å². The fraction of sp³-hybridized carbons (Fsp3) is 0.103. The van der Waals surface area contributed by atoms with Gasteiger partial charge in [0.2, 0.25) is 0 Å². The maximum atomic E-state index is 15.1. The number of hydrogen-bond acceptors (Lipinski definition) is 3. The first-order valence-electron chi connectivity index (χ1n) is 10.9. The first-order chi connectivity index (χ1) is 16.6. The lowest BCUT2D eigenvalue weighted by atomic mass is 9.94. The van der Waals surface area contributed by atoms with Crippen molar-refractivity contribution >= 4 is 5.71 Å². The highest BCUT2D eigenvalue weighted by Gasteiger charge is 2.22. The molecule has 0 saturated heterocycles. The molecular weight excluding hydrogens is 430 g/mol. The average Bonchev–Trinajstić information content (AvgIpc) is 2.87. The third-order valence-corrected chi connectivity index (χ3v) is 5.83. The normalized spacial score (nSPS) is 12.5. The number of nitrogens with zero attached hydrogens (tertiary/aromatic N) is 2. The van der Waals surface area contributed by atoms with Crippen molar-refractivity contribution in [3.63, 3.8) is 0 Å². The number of hydrogen-bond donors (Lipinski definition) is 0. The van der Waals surface area contributed by atoms with E-state index in [0.29, 0.717) is 28.2 Å². The van der Waals surface area contributed by atoms with E-state index in [1.54, 1.807) is 12.1 Å². The van der Waals surface area contributed by atoms with Gasteiger partial charge in [0, 0.05) is 28.7 Å². The molecule has 4 aromatic carbocycles. The fourth-order valence-corrected chi connectivity index (χ4v) is 4.17. The molecule has 1 heterocycles. The van der Waals surface area contributed by atoms with E-state index in [0.717, 1.165) is 16.7 Å². The van der Waals surface area contributed by atoms with E-state index in [4.69, 9.17) is 9.73 Å².